The molecule has 1 nitrogen and oxygen atoms in total. The van der Waals surface area contributed by atoms with Crippen molar-refractivity contribution in [1.82, 2.24) is 0 Å². The molecule has 0 saturated carbocycles. The monoisotopic (exact) mass is 804 g/mol. The van der Waals surface area contributed by atoms with Crippen molar-refractivity contribution in [2.45, 2.75) is 13.8 Å². The van der Waals surface area contributed by atoms with Gasteiger partial charge in [-0.05, 0) is 176 Å². The number of furan rings is 1. The largest absolute Gasteiger partial charge is 0.455 e. The topological polar surface area (TPSA) is 13.1 Å². The Kier molecular flexibility index (Phi) is 9.71. The Hall–Kier alpha value is -8.00. The fourth-order valence-corrected chi connectivity index (χ4v) is 9.21. The van der Waals surface area contributed by atoms with Crippen molar-refractivity contribution in [2.24, 2.45) is 0 Å². The number of fused-ring (bicyclic) bond motifs is 3. The number of rotatable bonds is 8. The van der Waals surface area contributed by atoms with Gasteiger partial charge < -0.3 is 4.42 Å². The maximum Gasteiger partial charge on any atom is 0.143 e. The highest BCUT2D eigenvalue weighted by atomic mass is 16.3. The molecule has 0 spiro atoms. The SMILES string of the molecule is Cc1cc(-c2cccc(-c3cc(-c4ccccc4)cc(-c4ccccc4)c3)c2)c2oc3c(-c4cccc(-c5cc(-c6ccccc6)cc(-c6ccccc6)c5)c4)cc(C)cc3c2c1. The summed E-state index contributed by atoms with van der Waals surface area (Å²) in [5.74, 6) is 0. The molecule has 0 bridgehead atoms. The molecule has 1 heteroatoms. The van der Waals surface area contributed by atoms with Gasteiger partial charge in [0.1, 0.15) is 11.2 Å². The van der Waals surface area contributed by atoms with Gasteiger partial charge in [0, 0.05) is 21.9 Å². The summed E-state index contributed by atoms with van der Waals surface area (Å²) in [6.07, 6.45) is 0. The van der Waals surface area contributed by atoms with E-state index in [0.29, 0.717) is 0 Å². The van der Waals surface area contributed by atoms with Gasteiger partial charge >= 0.3 is 0 Å². The van der Waals surface area contributed by atoms with E-state index < -0.39 is 0 Å². The Balaban J connectivity index is 1.03. The van der Waals surface area contributed by atoms with Gasteiger partial charge in [-0.1, -0.05) is 158 Å². The van der Waals surface area contributed by atoms with Crippen LogP contribution in [0.25, 0.3) is 111 Å². The van der Waals surface area contributed by atoms with E-state index in [2.05, 4.69) is 244 Å². The molecule has 10 aromatic carbocycles. The van der Waals surface area contributed by atoms with Crippen LogP contribution in [0.5, 0.6) is 0 Å². The molecule has 63 heavy (non-hydrogen) atoms. The Bertz CT molecular complexity index is 3090. The molecule has 11 rings (SSSR count). The molecule has 0 unspecified atom stereocenters. The second kappa shape index (κ2) is 16.1. The summed E-state index contributed by atoms with van der Waals surface area (Å²) in [6, 6.07) is 83.5. The van der Waals surface area contributed by atoms with E-state index in [0.717, 1.165) is 55.3 Å². The van der Waals surface area contributed by atoms with Crippen LogP contribution >= 0.6 is 0 Å². The zero-order valence-corrected chi connectivity index (χ0v) is 35.3. The van der Waals surface area contributed by atoms with E-state index in [1.807, 2.05) is 0 Å². The normalized spacial score (nSPS) is 11.3. The molecule has 0 fully saturated rings. The lowest BCUT2D eigenvalue weighted by Gasteiger charge is -2.13. The van der Waals surface area contributed by atoms with E-state index in [-0.39, 0.29) is 0 Å². The third-order valence-electron chi connectivity index (χ3n) is 12.3. The van der Waals surface area contributed by atoms with E-state index in [4.69, 9.17) is 4.42 Å². The van der Waals surface area contributed by atoms with Crippen molar-refractivity contribution in [3.63, 3.8) is 0 Å². The molecule has 0 aliphatic rings. The second-order valence-electron chi connectivity index (χ2n) is 16.7. The van der Waals surface area contributed by atoms with Crippen molar-refractivity contribution in [3.8, 4) is 89.0 Å². The molecule has 1 heterocycles. The summed E-state index contributed by atoms with van der Waals surface area (Å²) in [5, 5.41) is 2.26. The summed E-state index contributed by atoms with van der Waals surface area (Å²) in [6.45, 7) is 4.38. The molecule has 0 atom stereocenters. The summed E-state index contributed by atoms with van der Waals surface area (Å²) in [5.41, 5.74) is 22.9. The summed E-state index contributed by atoms with van der Waals surface area (Å²) >= 11 is 0. The standard InChI is InChI=1S/C62H44O/c1-41-29-57(49-27-15-25-47(33-49)55-37-51(43-17-7-3-8-18-43)35-52(38-55)44-19-9-4-10-20-44)61-59(31-41)60-32-42(2)30-58(62(60)63-61)50-28-16-26-48(34-50)56-39-53(45-21-11-5-12-22-45)36-54(40-56)46-23-13-6-14-24-46/h3-40H,1-2H3. The molecule has 11 aromatic rings. The van der Waals surface area contributed by atoms with Gasteiger partial charge in [0.05, 0.1) is 0 Å². The predicted octanol–water partition coefficient (Wildman–Crippen LogP) is 17.5. The lowest BCUT2D eigenvalue weighted by atomic mass is 9.91. The highest BCUT2D eigenvalue weighted by Gasteiger charge is 2.19. The van der Waals surface area contributed by atoms with Crippen LogP contribution in [0.1, 0.15) is 11.1 Å². The van der Waals surface area contributed by atoms with Crippen molar-refractivity contribution < 1.29 is 4.42 Å². The summed E-state index contributed by atoms with van der Waals surface area (Å²) in [4.78, 5) is 0. The van der Waals surface area contributed by atoms with Gasteiger partial charge in [-0.3, -0.25) is 0 Å². The molecular weight excluding hydrogens is 761 g/mol. The minimum Gasteiger partial charge on any atom is -0.455 e. The average molecular weight is 805 g/mol. The first-order valence-electron chi connectivity index (χ1n) is 21.7. The Labute approximate surface area is 369 Å². The zero-order valence-electron chi connectivity index (χ0n) is 35.3. The first-order chi connectivity index (χ1) is 31.0. The number of hydrogen-bond donors (Lipinski definition) is 0. The van der Waals surface area contributed by atoms with Crippen LogP contribution < -0.4 is 0 Å². The Morgan fingerprint density at radius 1 is 0.222 bits per heavy atom. The third-order valence-corrected chi connectivity index (χ3v) is 12.3. The van der Waals surface area contributed by atoms with Gasteiger partial charge in [-0.2, -0.15) is 0 Å². The van der Waals surface area contributed by atoms with Crippen LogP contribution in [0.4, 0.5) is 0 Å². The zero-order chi connectivity index (χ0) is 42.3. The molecule has 0 amide bonds. The van der Waals surface area contributed by atoms with Crippen LogP contribution in [-0.4, -0.2) is 0 Å². The van der Waals surface area contributed by atoms with E-state index in [9.17, 15) is 0 Å². The molecule has 298 valence electrons. The van der Waals surface area contributed by atoms with Crippen LogP contribution in [0.15, 0.2) is 235 Å². The van der Waals surface area contributed by atoms with Gasteiger partial charge in [0.2, 0.25) is 0 Å². The number of benzene rings is 10. The molecule has 1 aromatic heterocycles. The van der Waals surface area contributed by atoms with Crippen molar-refractivity contribution in [3.05, 3.63) is 242 Å². The van der Waals surface area contributed by atoms with Crippen LogP contribution in [0.3, 0.4) is 0 Å². The first-order valence-corrected chi connectivity index (χ1v) is 21.7. The first kappa shape index (κ1) is 38.0. The maximum absolute atomic E-state index is 7.13. The van der Waals surface area contributed by atoms with E-state index in [1.165, 1.54) is 66.8 Å². The fourth-order valence-electron chi connectivity index (χ4n) is 9.21. The maximum atomic E-state index is 7.13. The predicted molar refractivity (Wildman–Crippen MR) is 267 cm³/mol. The lowest BCUT2D eigenvalue weighted by molar-refractivity contribution is 0.671. The molecule has 0 aliphatic carbocycles. The van der Waals surface area contributed by atoms with Gasteiger partial charge in [-0.25, -0.2) is 0 Å². The van der Waals surface area contributed by atoms with Crippen LogP contribution in [0.2, 0.25) is 0 Å². The minimum absolute atomic E-state index is 0.904. The van der Waals surface area contributed by atoms with Crippen LogP contribution in [-0.2, 0) is 0 Å². The van der Waals surface area contributed by atoms with Gasteiger partial charge in [0.15, 0.2) is 0 Å². The van der Waals surface area contributed by atoms with Crippen molar-refractivity contribution in [1.29, 1.82) is 0 Å². The number of aryl methyl sites for hydroxylation is 2. The Morgan fingerprint density at radius 2 is 0.476 bits per heavy atom. The molecule has 0 aliphatic heterocycles. The molecule has 0 saturated heterocycles. The fraction of sp³-hybridized carbons (Fsp3) is 0.0323. The quantitative estimate of drug-likeness (QED) is 0.149. The lowest BCUT2D eigenvalue weighted by Crippen LogP contribution is -1.87. The van der Waals surface area contributed by atoms with E-state index >= 15 is 0 Å². The van der Waals surface area contributed by atoms with E-state index in [1.54, 1.807) is 0 Å². The molecule has 0 N–H and O–H groups in total. The molecule has 0 radical (unpaired) electrons. The van der Waals surface area contributed by atoms with Crippen LogP contribution in [0, 0.1) is 13.8 Å². The highest BCUT2D eigenvalue weighted by Crippen LogP contribution is 2.43. The summed E-state index contributed by atoms with van der Waals surface area (Å²) in [7, 11) is 0. The number of hydrogen-bond acceptors (Lipinski definition) is 1. The second-order valence-corrected chi connectivity index (χ2v) is 16.7. The van der Waals surface area contributed by atoms with Gasteiger partial charge in [-0.15, -0.1) is 0 Å². The van der Waals surface area contributed by atoms with Crippen molar-refractivity contribution >= 4 is 21.9 Å². The van der Waals surface area contributed by atoms with Gasteiger partial charge in [0.25, 0.3) is 0 Å². The Morgan fingerprint density at radius 3 is 0.794 bits per heavy atom. The smallest absolute Gasteiger partial charge is 0.143 e. The average Bonchev–Trinajstić information content (AvgIpc) is 3.72. The summed E-state index contributed by atoms with van der Waals surface area (Å²) < 4.78 is 7.13. The van der Waals surface area contributed by atoms with Crippen molar-refractivity contribution in [2.75, 3.05) is 0 Å². The molecular formula is C62H44O. The highest BCUT2D eigenvalue weighted by molar-refractivity contribution is 6.14. The third kappa shape index (κ3) is 7.45. The minimum atomic E-state index is 0.904.